The Morgan fingerprint density at radius 3 is 2.42 bits per heavy atom. The summed E-state index contributed by atoms with van der Waals surface area (Å²) in [7, 11) is 0. The first kappa shape index (κ1) is 16.0. The maximum absolute atomic E-state index is 13.7. The molecule has 0 atom stereocenters. The van der Waals surface area contributed by atoms with Gasteiger partial charge in [-0.2, -0.15) is 0 Å². The number of rotatable bonds is 1. The SMILES string of the molecule is CC(C)(C)c1ccnc(-c2[c-]cc(F)cc2F)c1.[Pt]. The summed E-state index contributed by atoms with van der Waals surface area (Å²) in [4.78, 5) is 4.12. The summed E-state index contributed by atoms with van der Waals surface area (Å²) < 4.78 is 26.5. The zero-order valence-corrected chi connectivity index (χ0v) is 13.2. The second-order valence-electron chi connectivity index (χ2n) is 5.22. The molecule has 0 aliphatic carbocycles. The van der Waals surface area contributed by atoms with Crippen molar-refractivity contribution in [2.24, 2.45) is 0 Å². The molecule has 2 rings (SSSR count). The summed E-state index contributed by atoms with van der Waals surface area (Å²) in [5.74, 6) is -1.28. The summed E-state index contributed by atoms with van der Waals surface area (Å²) in [6.07, 6.45) is 1.63. The Bertz CT molecular complexity index is 577. The Balaban J connectivity index is 0.00000180. The molecule has 1 aromatic heterocycles. The predicted molar refractivity (Wildman–Crippen MR) is 67.1 cm³/mol. The number of nitrogens with zero attached hydrogens (tertiary/aromatic N) is 1. The Kier molecular flexibility index (Phi) is 4.97. The van der Waals surface area contributed by atoms with E-state index < -0.39 is 11.6 Å². The van der Waals surface area contributed by atoms with Gasteiger partial charge in [0.25, 0.3) is 0 Å². The molecule has 1 aromatic carbocycles. The molecule has 0 saturated carbocycles. The topological polar surface area (TPSA) is 12.9 Å². The van der Waals surface area contributed by atoms with E-state index in [1.807, 2.05) is 12.1 Å². The average Bonchev–Trinajstić information content (AvgIpc) is 2.28. The van der Waals surface area contributed by atoms with E-state index in [9.17, 15) is 8.78 Å². The quantitative estimate of drug-likeness (QED) is 0.607. The molecule has 0 aliphatic rings. The molecule has 2 aromatic rings. The van der Waals surface area contributed by atoms with Crippen LogP contribution in [0.5, 0.6) is 0 Å². The smallest absolute Gasteiger partial charge is 0.0408 e. The van der Waals surface area contributed by atoms with Crippen molar-refractivity contribution in [1.82, 2.24) is 4.98 Å². The van der Waals surface area contributed by atoms with E-state index in [0.29, 0.717) is 5.69 Å². The summed E-state index contributed by atoms with van der Waals surface area (Å²) >= 11 is 0. The molecule has 0 spiro atoms. The fourth-order valence-electron chi connectivity index (χ4n) is 1.68. The van der Waals surface area contributed by atoms with Crippen molar-refractivity contribution in [2.45, 2.75) is 26.2 Å². The Morgan fingerprint density at radius 2 is 1.84 bits per heavy atom. The van der Waals surface area contributed by atoms with E-state index in [2.05, 4.69) is 31.8 Å². The Labute approximate surface area is 126 Å². The van der Waals surface area contributed by atoms with Crippen LogP contribution < -0.4 is 0 Å². The summed E-state index contributed by atoms with van der Waals surface area (Å²) in [6, 6.07) is 8.25. The van der Waals surface area contributed by atoms with Crippen LogP contribution in [0, 0.1) is 17.7 Å². The van der Waals surface area contributed by atoms with Gasteiger partial charge in [-0.1, -0.05) is 38.5 Å². The third-order valence-corrected chi connectivity index (χ3v) is 2.74. The second kappa shape index (κ2) is 5.92. The minimum Gasteiger partial charge on any atom is -0.305 e. The van der Waals surface area contributed by atoms with Crippen molar-refractivity contribution in [3.05, 3.63) is 53.7 Å². The van der Waals surface area contributed by atoms with Gasteiger partial charge in [0.15, 0.2) is 0 Å². The molecule has 0 radical (unpaired) electrons. The third-order valence-electron chi connectivity index (χ3n) is 2.74. The molecule has 1 nitrogen and oxygen atoms in total. The van der Waals surface area contributed by atoms with Crippen molar-refractivity contribution in [1.29, 1.82) is 0 Å². The number of hydrogen-bond donors (Lipinski definition) is 0. The van der Waals surface area contributed by atoms with E-state index in [4.69, 9.17) is 0 Å². The van der Waals surface area contributed by atoms with Gasteiger partial charge in [0.05, 0.1) is 0 Å². The Hall–Kier alpha value is -1.08. The molecule has 0 aliphatic heterocycles. The molecule has 4 heteroatoms. The third kappa shape index (κ3) is 3.70. The van der Waals surface area contributed by atoms with Crippen LogP contribution in [0.15, 0.2) is 30.5 Å². The molecular weight excluding hydrogens is 427 g/mol. The van der Waals surface area contributed by atoms with Gasteiger partial charge in [0, 0.05) is 38.9 Å². The number of pyridine rings is 1. The van der Waals surface area contributed by atoms with Crippen LogP contribution in [0.25, 0.3) is 11.3 Å². The zero-order valence-electron chi connectivity index (χ0n) is 10.9. The largest absolute Gasteiger partial charge is 0.305 e. The normalized spacial score (nSPS) is 11.0. The molecule has 0 saturated heterocycles. The Morgan fingerprint density at radius 1 is 1.16 bits per heavy atom. The van der Waals surface area contributed by atoms with Gasteiger partial charge in [-0.3, -0.25) is 8.78 Å². The van der Waals surface area contributed by atoms with E-state index in [-0.39, 0.29) is 32.0 Å². The van der Waals surface area contributed by atoms with Gasteiger partial charge < -0.3 is 4.98 Å². The molecule has 0 amide bonds. The van der Waals surface area contributed by atoms with Crippen molar-refractivity contribution in [3.8, 4) is 11.3 Å². The van der Waals surface area contributed by atoms with Crippen molar-refractivity contribution < 1.29 is 29.8 Å². The van der Waals surface area contributed by atoms with E-state index in [0.717, 1.165) is 17.7 Å². The fourth-order valence-corrected chi connectivity index (χ4v) is 1.68. The van der Waals surface area contributed by atoms with Crippen molar-refractivity contribution in [3.63, 3.8) is 0 Å². The second-order valence-corrected chi connectivity index (χ2v) is 5.22. The van der Waals surface area contributed by atoms with Gasteiger partial charge >= 0.3 is 0 Å². The molecule has 0 unspecified atom stereocenters. The summed E-state index contributed by atoms with van der Waals surface area (Å²) in [5, 5.41) is 0. The first-order valence-electron chi connectivity index (χ1n) is 5.71. The van der Waals surface area contributed by atoms with Gasteiger partial charge in [-0.05, 0) is 22.7 Å². The number of halogens is 2. The fraction of sp³-hybridized carbons (Fsp3) is 0.267. The van der Waals surface area contributed by atoms with Gasteiger partial charge in [0.2, 0.25) is 0 Å². The maximum atomic E-state index is 13.7. The molecular formula is C15H14F2NPt-. The molecule has 19 heavy (non-hydrogen) atoms. The van der Waals surface area contributed by atoms with Crippen molar-refractivity contribution >= 4 is 0 Å². The van der Waals surface area contributed by atoms with Crippen LogP contribution in [-0.2, 0) is 26.5 Å². The van der Waals surface area contributed by atoms with Gasteiger partial charge in [0.1, 0.15) is 0 Å². The zero-order chi connectivity index (χ0) is 13.3. The predicted octanol–water partition coefficient (Wildman–Crippen LogP) is 4.12. The standard InChI is InChI=1S/C15H14F2N.Pt/c1-15(2,3)10-6-7-18-14(8-10)12-5-4-11(16)9-13(12)17;/h4,6-9H,1-3H3;/q-1;. The monoisotopic (exact) mass is 441 g/mol. The first-order valence-corrected chi connectivity index (χ1v) is 5.71. The van der Waals surface area contributed by atoms with Crippen LogP contribution in [0.2, 0.25) is 0 Å². The average molecular weight is 441 g/mol. The molecule has 0 fully saturated rings. The van der Waals surface area contributed by atoms with Crippen LogP contribution in [0.3, 0.4) is 0 Å². The van der Waals surface area contributed by atoms with Gasteiger partial charge in [-0.15, -0.1) is 12.1 Å². The molecule has 104 valence electrons. The maximum Gasteiger partial charge on any atom is 0.0408 e. The number of benzene rings is 1. The van der Waals surface area contributed by atoms with Crippen LogP contribution in [-0.4, -0.2) is 4.98 Å². The minimum absolute atomic E-state index is 0. The van der Waals surface area contributed by atoms with E-state index in [1.54, 1.807) is 6.20 Å². The minimum atomic E-state index is -0.645. The van der Waals surface area contributed by atoms with E-state index in [1.165, 1.54) is 0 Å². The van der Waals surface area contributed by atoms with Crippen molar-refractivity contribution in [2.75, 3.05) is 0 Å². The van der Waals surface area contributed by atoms with Crippen LogP contribution in [0.1, 0.15) is 26.3 Å². The molecule has 1 heterocycles. The van der Waals surface area contributed by atoms with E-state index >= 15 is 0 Å². The molecule has 0 N–H and O–H groups in total. The molecule has 0 bridgehead atoms. The number of hydrogen-bond acceptors (Lipinski definition) is 1. The summed E-state index contributed by atoms with van der Waals surface area (Å²) in [6.45, 7) is 6.20. The van der Waals surface area contributed by atoms with Crippen LogP contribution in [0.4, 0.5) is 8.78 Å². The number of aromatic nitrogens is 1. The first-order chi connectivity index (χ1) is 8.38. The van der Waals surface area contributed by atoms with Gasteiger partial charge in [-0.25, -0.2) is 0 Å². The van der Waals surface area contributed by atoms with Crippen LogP contribution >= 0.6 is 0 Å². The summed E-state index contributed by atoms with van der Waals surface area (Å²) in [5.41, 5.74) is 1.67.